The number of anilines is 1. The highest BCUT2D eigenvalue weighted by Crippen LogP contribution is 2.29. The van der Waals surface area contributed by atoms with Gasteiger partial charge in [-0.1, -0.05) is 18.2 Å². The highest BCUT2D eigenvalue weighted by Gasteiger charge is 2.13. The number of aryl methyl sites for hydroxylation is 1. The first-order chi connectivity index (χ1) is 8.66. The average Bonchev–Trinajstić information content (AvgIpc) is 2.79. The smallest absolute Gasteiger partial charge is 0.165 e. The van der Waals surface area contributed by atoms with Gasteiger partial charge in [0.05, 0.1) is 14.8 Å². The molecular formula is C13H10IN3O. The Labute approximate surface area is 117 Å². The van der Waals surface area contributed by atoms with Gasteiger partial charge in [0.1, 0.15) is 17.7 Å². The summed E-state index contributed by atoms with van der Waals surface area (Å²) >= 11 is 2.15. The van der Waals surface area contributed by atoms with Gasteiger partial charge in [0.25, 0.3) is 0 Å². The van der Waals surface area contributed by atoms with Crippen molar-refractivity contribution in [2.45, 2.75) is 6.92 Å². The standard InChI is InChI=1S/C13H10IN3O/c1-7-11(14)12(15)17-13(16-7)9-6-18-10-5-3-2-4-8(9)10/h2-6H,1H3,(H2,15,16,17). The molecule has 2 heterocycles. The number of aromatic nitrogens is 2. The molecule has 0 radical (unpaired) electrons. The van der Waals surface area contributed by atoms with Crippen molar-refractivity contribution in [3.63, 3.8) is 0 Å². The summed E-state index contributed by atoms with van der Waals surface area (Å²) in [6.45, 7) is 1.92. The molecule has 0 fully saturated rings. The molecule has 0 bridgehead atoms. The second kappa shape index (κ2) is 4.24. The first-order valence-corrected chi connectivity index (χ1v) is 6.51. The zero-order valence-corrected chi connectivity index (χ0v) is 11.8. The van der Waals surface area contributed by atoms with Crippen LogP contribution < -0.4 is 5.73 Å². The fourth-order valence-electron chi connectivity index (χ4n) is 1.85. The van der Waals surface area contributed by atoms with Gasteiger partial charge in [-0.25, -0.2) is 9.97 Å². The minimum Gasteiger partial charge on any atom is -0.464 e. The van der Waals surface area contributed by atoms with Gasteiger partial charge < -0.3 is 10.2 Å². The van der Waals surface area contributed by atoms with E-state index in [0.717, 1.165) is 25.8 Å². The normalized spacial score (nSPS) is 11.0. The number of furan rings is 1. The number of nitrogen functional groups attached to an aromatic ring is 1. The number of para-hydroxylation sites is 1. The van der Waals surface area contributed by atoms with Crippen molar-refractivity contribution in [2.24, 2.45) is 0 Å². The van der Waals surface area contributed by atoms with E-state index >= 15 is 0 Å². The topological polar surface area (TPSA) is 64.9 Å². The van der Waals surface area contributed by atoms with Gasteiger partial charge in [0, 0.05) is 5.39 Å². The van der Waals surface area contributed by atoms with E-state index in [1.54, 1.807) is 6.26 Å². The molecule has 5 heteroatoms. The van der Waals surface area contributed by atoms with E-state index in [9.17, 15) is 0 Å². The van der Waals surface area contributed by atoms with Crippen molar-refractivity contribution >= 4 is 39.4 Å². The van der Waals surface area contributed by atoms with Crippen LogP contribution in [0.2, 0.25) is 0 Å². The molecule has 3 rings (SSSR count). The molecule has 1 aromatic carbocycles. The maximum Gasteiger partial charge on any atom is 0.165 e. The first kappa shape index (κ1) is 11.5. The molecule has 0 spiro atoms. The molecular weight excluding hydrogens is 341 g/mol. The lowest BCUT2D eigenvalue weighted by molar-refractivity contribution is 0.616. The maximum atomic E-state index is 5.88. The second-order valence-corrected chi connectivity index (χ2v) is 5.06. The predicted molar refractivity (Wildman–Crippen MR) is 79.1 cm³/mol. The van der Waals surface area contributed by atoms with Gasteiger partial charge in [0.2, 0.25) is 0 Å². The summed E-state index contributed by atoms with van der Waals surface area (Å²) in [5.74, 6) is 1.11. The van der Waals surface area contributed by atoms with Gasteiger partial charge in [-0.2, -0.15) is 0 Å². The van der Waals surface area contributed by atoms with Crippen molar-refractivity contribution in [1.29, 1.82) is 0 Å². The summed E-state index contributed by atoms with van der Waals surface area (Å²) < 4.78 is 6.38. The van der Waals surface area contributed by atoms with Crippen LogP contribution in [-0.2, 0) is 0 Å². The third kappa shape index (κ3) is 1.74. The lowest BCUT2D eigenvalue weighted by atomic mass is 10.1. The molecule has 0 saturated carbocycles. The molecule has 0 aliphatic heterocycles. The fourth-order valence-corrected chi connectivity index (χ4v) is 2.09. The Kier molecular flexibility index (Phi) is 2.70. The summed E-state index contributed by atoms with van der Waals surface area (Å²) in [6.07, 6.45) is 1.67. The van der Waals surface area contributed by atoms with E-state index in [-0.39, 0.29) is 0 Å². The molecule has 0 amide bonds. The number of nitrogens with two attached hydrogens (primary N) is 1. The number of benzene rings is 1. The Morgan fingerprint density at radius 3 is 2.78 bits per heavy atom. The van der Waals surface area contributed by atoms with Crippen molar-refractivity contribution in [3.8, 4) is 11.4 Å². The van der Waals surface area contributed by atoms with E-state index in [1.807, 2.05) is 31.2 Å². The molecule has 90 valence electrons. The van der Waals surface area contributed by atoms with Gasteiger partial charge in [-0.3, -0.25) is 0 Å². The Morgan fingerprint density at radius 2 is 2.00 bits per heavy atom. The lowest BCUT2D eigenvalue weighted by Crippen LogP contribution is -2.01. The van der Waals surface area contributed by atoms with E-state index in [4.69, 9.17) is 10.2 Å². The van der Waals surface area contributed by atoms with E-state index in [0.29, 0.717) is 11.6 Å². The number of rotatable bonds is 1. The van der Waals surface area contributed by atoms with Crippen LogP contribution in [0.1, 0.15) is 5.69 Å². The Bertz CT molecular complexity index is 713. The molecule has 3 aromatic rings. The zero-order chi connectivity index (χ0) is 12.7. The second-order valence-electron chi connectivity index (χ2n) is 3.98. The van der Waals surface area contributed by atoms with Crippen LogP contribution in [-0.4, -0.2) is 9.97 Å². The molecule has 0 aliphatic carbocycles. The third-order valence-corrected chi connectivity index (χ3v) is 4.10. The van der Waals surface area contributed by atoms with Crippen LogP contribution in [0.15, 0.2) is 34.9 Å². The fraction of sp³-hybridized carbons (Fsp3) is 0.0769. The summed E-state index contributed by atoms with van der Waals surface area (Å²) in [5.41, 5.74) is 8.46. The van der Waals surface area contributed by atoms with E-state index < -0.39 is 0 Å². The predicted octanol–water partition coefficient (Wildman–Crippen LogP) is 3.39. The van der Waals surface area contributed by atoms with Crippen LogP contribution in [0.5, 0.6) is 0 Å². The molecule has 0 atom stereocenters. The monoisotopic (exact) mass is 351 g/mol. The average molecular weight is 351 g/mol. The van der Waals surface area contributed by atoms with Gasteiger partial charge in [0.15, 0.2) is 5.82 Å². The summed E-state index contributed by atoms with van der Waals surface area (Å²) in [6, 6.07) is 7.80. The Balaban J connectivity index is 2.26. The van der Waals surface area contributed by atoms with Gasteiger partial charge in [-0.05, 0) is 35.6 Å². The number of fused-ring (bicyclic) bond motifs is 1. The summed E-state index contributed by atoms with van der Waals surface area (Å²) in [7, 11) is 0. The maximum absolute atomic E-state index is 5.88. The molecule has 0 unspecified atom stereocenters. The van der Waals surface area contributed by atoms with Gasteiger partial charge in [-0.15, -0.1) is 0 Å². The van der Waals surface area contributed by atoms with E-state index in [1.165, 1.54) is 0 Å². The lowest BCUT2D eigenvalue weighted by Gasteiger charge is -2.04. The van der Waals surface area contributed by atoms with Crippen LogP contribution in [0, 0.1) is 10.5 Å². The van der Waals surface area contributed by atoms with Crippen LogP contribution in [0.3, 0.4) is 0 Å². The Morgan fingerprint density at radius 1 is 1.22 bits per heavy atom. The number of halogens is 1. The number of nitrogens with zero attached hydrogens (tertiary/aromatic N) is 2. The Hall–Kier alpha value is -1.63. The van der Waals surface area contributed by atoms with Crippen molar-refractivity contribution < 1.29 is 4.42 Å². The molecule has 4 nitrogen and oxygen atoms in total. The zero-order valence-electron chi connectivity index (χ0n) is 9.64. The minimum absolute atomic E-state index is 0.503. The van der Waals surface area contributed by atoms with Crippen molar-refractivity contribution in [3.05, 3.63) is 39.8 Å². The number of hydrogen-bond acceptors (Lipinski definition) is 4. The molecule has 0 aliphatic rings. The first-order valence-electron chi connectivity index (χ1n) is 5.43. The van der Waals surface area contributed by atoms with Crippen LogP contribution >= 0.6 is 22.6 Å². The minimum atomic E-state index is 0.503. The highest BCUT2D eigenvalue weighted by atomic mass is 127. The largest absolute Gasteiger partial charge is 0.464 e. The van der Waals surface area contributed by atoms with Gasteiger partial charge >= 0.3 is 0 Å². The number of hydrogen-bond donors (Lipinski definition) is 1. The SMILES string of the molecule is Cc1nc(-c2coc3ccccc23)nc(N)c1I. The quantitative estimate of drug-likeness (QED) is 0.683. The molecule has 2 aromatic heterocycles. The van der Waals surface area contributed by atoms with Crippen LogP contribution in [0.4, 0.5) is 5.82 Å². The summed E-state index contributed by atoms with van der Waals surface area (Å²) in [5, 5.41) is 0.998. The molecule has 2 N–H and O–H groups in total. The third-order valence-electron chi connectivity index (χ3n) is 2.76. The van der Waals surface area contributed by atoms with E-state index in [2.05, 4.69) is 32.6 Å². The van der Waals surface area contributed by atoms with Crippen molar-refractivity contribution in [1.82, 2.24) is 9.97 Å². The summed E-state index contributed by atoms with van der Waals surface area (Å²) in [4.78, 5) is 8.79. The van der Waals surface area contributed by atoms with Crippen molar-refractivity contribution in [2.75, 3.05) is 5.73 Å². The van der Waals surface area contributed by atoms with Crippen LogP contribution in [0.25, 0.3) is 22.4 Å². The highest BCUT2D eigenvalue weighted by molar-refractivity contribution is 14.1. The molecule has 18 heavy (non-hydrogen) atoms. The molecule has 0 saturated heterocycles.